The minimum absolute atomic E-state index is 0.0136. The molecule has 0 aliphatic carbocycles. The van der Waals surface area contributed by atoms with Gasteiger partial charge in [0.1, 0.15) is 5.75 Å². The highest BCUT2D eigenvalue weighted by Gasteiger charge is 2.31. The van der Waals surface area contributed by atoms with Gasteiger partial charge in [0.15, 0.2) is 16.4 Å². The zero-order valence-electron chi connectivity index (χ0n) is 15.3. The molecular formula is C20H24N2O4S. The smallest absolute Gasteiger partial charge is 0.262 e. The van der Waals surface area contributed by atoms with Crippen LogP contribution in [0.5, 0.6) is 5.75 Å². The molecule has 6 nitrogen and oxygen atoms in total. The van der Waals surface area contributed by atoms with Gasteiger partial charge in [-0.3, -0.25) is 4.79 Å². The van der Waals surface area contributed by atoms with Crippen LogP contribution in [0, 0.1) is 0 Å². The van der Waals surface area contributed by atoms with Crippen molar-refractivity contribution >= 4 is 27.1 Å². The van der Waals surface area contributed by atoms with Gasteiger partial charge < -0.3 is 15.0 Å². The molecule has 1 N–H and O–H groups in total. The molecule has 27 heavy (non-hydrogen) atoms. The van der Waals surface area contributed by atoms with E-state index in [0.29, 0.717) is 17.9 Å². The lowest BCUT2D eigenvalue weighted by Gasteiger charge is -2.29. The van der Waals surface area contributed by atoms with Crippen molar-refractivity contribution in [3.63, 3.8) is 0 Å². The molecular weight excluding hydrogens is 364 g/mol. The molecule has 1 heterocycles. The number of nitrogens with one attached hydrogen (secondary N) is 1. The van der Waals surface area contributed by atoms with Gasteiger partial charge in [-0.15, -0.1) is 0 Å². The molecule has 3 rings (SSSR count). The molecule has 1 atom stereocenters. The molecule has 0 bridgehead atoms. The van der Waals surface area contributed by atoms with Gasteiger partial charge in [0.05, 0.1) is 11.5 Å². The second-order valence-corrected chi connectivity index (χ2v) is 8.77. The summed E-state index contributed by atoms with van der Waals surface area (Å²) in [4.78, 5) is 14.1. The maximum Gasteiger partial charge on any atom is 0.262 e. The van der Waals surface area contributed by atoms with Gasteiger partial charge in [-0.2, -0.15) is 0 Å². The first-order valence-corrected chi connectivity index (χ1v) is 10.8. The Balaban J connectivity index is 1.57. The quantitative estimate of drug-likeness (QED) is 0.789. The van der Waals surface area contributed by atoms with Crippen molar-refractivity contribution in [3.05, 3.63) is 54.6 Å². The number of nitrogens with zero attached hydrogens (tertiary/aromatic N) is 1. The topological polar surface area (TPSA) is 75.7 Å². The van der Waals surface area contributed by atoms with Crippen LogP contribution in [0.15, 0.2) is 54.6 Å². The Hall–Kier alpha value is -2.54. The molecule has 0 spiro atoms. The van der Waals surface area contributed by atoms with Gasteiger partial charge in [-0.25, -0.2) is 8.42 Å². The number of carbonyl (C=O) groups is 1. The Bertz CT molecular complexity index is 867. The SMILES string of the molecule is CCN(c1ccc(NC(=O)COc2ccccc2)cc1)C1CCS(=O)(=O)C1. The molecule has 1 amide bonds. The lowest BCUT2D eigenvalue weighted by molar-refractivity contribution is -0.118. The van der Waals surface area contributed by atoms with E-state index in [2.05, 4.69) is 10.2 Å². The van der Waals surface area contributed by atoms with Crippen molar-refractivity contribution in [2.45, 2.75) is 19.4 Å². The highest BCUT2D eigenvalue weighted by Crippen LogP contribution is 2.25. The summed E-state index contributed by atoms with van der Waals surface area (Å²) in [6.45, 7) is 2.69. The van der Waals surface area contributed by atoms with Gasteiger partial charge in [-0.05, 0) is 49.7 Å². The van der Waals surface area contributed by atoms with Crippen molar-refractivity contribution in [1.82, 2.24) is 0 Å². The standard InChI is InChI=1S/C20H24N2O4S/c1-2-22(18-12-13-27(24,25)15-18)17-10-8-16(9-11-17)21-20(23)14-26-19-6-4-3-5-7-19/h3-11,18H,2,12-15H2,1H3,(H,21,23). The van der Waals surface area contributed by atoms with Crippen LogP contribution in [-0.4, -0.2) is 45.0 Å². The summed E-state index contributed by atoms with van der Waals surface area (Å²) in [5, 5.41) is 2.80. The summed E-state index contributed by atoms with van der Waals surface area (Å²) in [5.74, 6) is 0.869. The summed E-state index contributed by atoms with van der Waals surface area (Å²) in [5.41, 5.74) is 1.63. The molecule has 1 unspecified atom stereocenters. The average molecular weight is 388 g/mol. The number of hydrogen-bond donors (Lipinski definition) is 1. The highest BCUT2D eigenvalue weighted by molar-refractivity contribution is 7.91. The van der Waals surface area contributed by atoms with E-state index >= 15 is 0 Å². The molecule has 0 saturated carbocycles. The van der Waals surface area contributed by atoms with Crippen LogP contribution in [0.25, 0.3) is 0 Å². The maximum absolute atomic E-state index is 12.0. The van der Waals surface area contributed by atoms with E-state index in [-0.39, 0.29) is 30.1 Å². The van der Waals surface area contributed by atoms with Crippen molar-refractivity contribution in [2.24, 2.45) is 0 Å². The number of anilines is 2. The minimum Gasteiger partial charge on any atom is -0.484 e. The van der Waals surface area contributed by atoms with Crippen molar-refractivity contribution in [2.75, 3.05) is 34.9 Å². The summed E-state index contributed by atoms with van der Waals surface area (Å²) in [7, 11) is -2.92. The number of amides is 1. The summed E-state index contributed by atoms with van der Waals surface area (Å²) >= 11 is 0. The maximum atomic E-state index is 12.0. The van der Waals surface area contributed by atoms with Crippen molar-refractivity contribution in [3.8, 4) is 5.75 Å². The number of sulfone groups is 1. The van der Waals surface area contributed by atoms with Crippen LogP contribution in [-0.2, 0) is 14.6 Å². The zero-order chi connectivity index (χ0) is 19.3. The van der Waals surface area contributed by atoms with E-state index in [1.165, 1.54) is 0 Å². The number of para-hydroxylation sites is 1. The molecule has 0 aromatic heterocycles. The van der Waals surface area contributed by atoms with Crippen LogP contribution in [0.3, 0.4) is 0 Å². The van der Waals surface area contributed by atoms with E-state index in [1.54, 1.807) is 12.1 Å². The lowest BCUT2D eigenvalue weighted by Crippen LogP contribution is -2.36. The van der Waals surface area contributed by atoms with Gasteiger partial charge in [0.25, 0.3) is 5.91 Å². The normalized spacial score (nSPS) is 18.0. The number of rotatable bonds is 7. The van der Waals surface area contributed by atoms with Gasteiger partial charge >= 0.3 is 0 Å². The number of benzene rings is 2. The van der Waals surface area contributed by atoms with Crippen molar-refractivity contribution in [1.29, 1.82) is 0 Å². The first-order valence-electron chi connectivity index (χ1n) is 9.01. The third kappa shape index (κ3) is 5.23. The summed E-state index contributed by atoms with van der Waals surface area (Å²) in [6, 6.07) is 16.6. The second kappa shape index (κ2) is 8.43. The Morgan fingerprint density at radius 2 is 1.85 bits per heavy atom. The number of carbonyl (C=O) groups excluding carboxylic acids is 1. The molecule has 1 fully saturated rings. The minimum atomic E-state index is -2.92. The van der Waals surface area contributed by atoms with Crippen molar-refractivity contribution < 1.29 is 17.9 Å². The second-order valence-electron chi connectivity index (χ2n) is 6.54. The molecule has 2 aromatic carbocycles. The molecule has 2 aromatic rings. The first-order chi connectivity index (χ1) is 13.0. The van der Waals surface area contributed by atoms with Crippen LogP contribution >= 0.6 is 0 Å². The fourth-order valence-electron chi connectivity index (χ4n) is 3.27. The summed E-state index contributed by atoms with van der Waals surface area (Å²) in [6.07, 6.45) is 0.658. The van der Waals surface area contributed by atoms with Gasteiger partial charge in [0, 0.05) is 24.0 Å². The molecule has 1 aliphatic heterocycles. The van der Waals surface area contributed by atoms with Gasteiger partial charge in [0.2, 0.25) is 0 Å². The lowest BCUT2D eigenvalue weighted by atomic mass is 10.1. The Kier molecular flexibility index (Phi) is 6.01. The molecule has 1 aliphatic rings. The van der Waals surface area contributed by atoms with Gasteiger partial charge in [-0.1, -0.05) is 18.2 Å². The van der Waals surface area contributed by atoms with E-state index in [4.69, 9.17) is 4.74 Å². The Morgan fingerprint density at radius 3 is 2.44 bits per heavy atom. The van der Waals surface area contributed by atoms with E-state index in [9.17, 15) is 13.2 Å². The van der Waals surface area contributed by atoms with E-state index < -0.39 is 9.84 Å². The number of hydrogen-bond acceptors (Lipinski definition) is 5. The molecule has 144 valence electrons. The fraction of sp³-hybridized carbons (Fsp3) is 0.350. The highest BCUT2D eigenvalue weighted by atomic mass is 32.2. The zero-order valence-corrected chi connectivity index (χ0v) is 16.1. The molecule has 1 saturated heterocycles. The largest absolute Gasteiger partial charge is 0.484 e. The first kappa shape index (κ1) is 19.2. The van der Waals surface area contributed by atoms with E-state index in [1.807, 2.05) is 49.4 Å². The van der Waals surface area contributed by atoms with Crippen LogP contribution in [0.2, 0.25) is 0 Å². The summed E-state index contributed by atoms with van der Waals surface area (Å²) < 4.78 is 28.9. The third-order valence-corrected chi connectivity index (χ3v) is 6.34. The number of ether oxygens (including phenoxy) is 1. The van der Waals surface area contributed by atoms with Crippen LogP contribution in [0.4, 0.5) is 11.4 Å². The van der Waals surface area contributed by atoms with Crippen LogP contribution < -0.4 is 15.0 Å². The van der Waals surface area contributed by atoms with Crippen LogP contribution in [0.1, 0.15) is 13.3 Å². The fourth-order valence-corrected chi connectivity index (χ4v) is 5.00. The Morgan fingerprint density at radius 1 is 1.15 bits per heavy atom. The predicted octanol–water partition coefficient (Wildman–Crippen LogP) is 2.72. The monoisotopic (exact) mass is 388 g/mol. The predicted molar refractivity (Wildman–Crippen MR) is 107 cm³/mol. The third-order valence-electron chi connectivity index (χ3n) is 4.59. The van der Waals surface area contributed by atoms with E-state index in [0.717, 1.165) is 12.2 Å². The Labute approximate surface area is 160 Å². The average Bonchev–Trinajstić information content (AvgIpc) is 3.02. The molecule has 0 radical (unpaired) electrons. The molecule has 7 heteroatoms.